The molecule has 8 heteroatoms. The minimum Gasteiger partial charge on any atom is -0.495 e. The molecule has 0 aliphatic heterocycles. The Bertz CT molecular complexity index is 1010. The number of benzene rings is 2. The Labute approximate surface area is 181 Å². The SMILES string of the molecule is CCOc1cc(/C=C(\C#N)C(=O)Nc2ccccc2OC)ccc1OCC(=O)N(C)C. The van der Waals surface area contributed by atoms with Gasteiger partial charge in [-0.15, -0.1) is 0 Å². The van der Waals surface area contributed by atoms with E-state index >= 15 is 0 Å². The Kier molecular flexibility index (Phi) is 8.46. The minimum atomic E-state index is -0.568. The Morgan fingerprint density at radius 2 is 1.84 bits per heavy atom. The fraction of sp³-hybridized carbons (Fsp3) is 0.261. The number of likely N-dealkylation sites (N-methyl/N-ethyl adjacent to an activating group) is 1. The Balaban J connectivity index is 2.24. The highest BCUT2D eigenvalue weighted by molar-refractivity contribution is 6.10. The fourth-order valence-electron chi connectivity index (χ4n) is 2.52. The number of rotatable bonds is 9. The number of nitrogens with zero attached hydrogens (tertiary/aromatic N) is 2. The zero-order valence-corrected chi connectivity index (χ0v) is 18.0. The van der Waals surface area contributed by atoms with Gasteiger partial charge in [0, 0.05) is 14.1 Å². The molecule has 8 nitrogen and oxygen atoms in total. The lowest BCUT2D eigenvalue weighted by molar-refractivity contribution is -0.130. The predicted molar refractivity (Wildman–Crippen MR) is 117 cm³/mol. The van der Waals surface area contributed by atoms with E-state index in [1.807, 2.05) is 13.0 Å². The zero-order chi connectivity index (χ0) is 22.8. The first-order chi connectivity index (χ1) is 14.9. The Morgan fingerprint density at radius 3 is 2.48 bits per heavy atom. The van der Waals surface area contributed by atoms with Crippen molar-refractivity contribution < 1.29 is 23.8 Å². The van der Waals surface area contributed by atoms with Crippen molar-refractivity contribution in [2.24, 2.45) is 0 Å². The number of carbonyl (C=O) groups excluding carboxylic acids is 2. The summed E-state index contributed by atoms with van der Waals surface area (Å²) in [4.78, 5) is 25.8. The average molecular weight is 423 g/mol. The smallest absolute Gasteiger partial charge is 0.266 e. The highest BCUT2D eigenvalue weighted by Crippen LogP contribution is 2.30. The lowest BCUT2D eigenvalue weighted by Gasteiger charge is -2.14. The second-order valence-corrected chi connectivity index (χ2v) is 6.54. The summed E-state index contributed by atoms with van der Waals surface area (Å²) >= 11 is 0. The molecule has 0 radical (unpaired) electrons. The van der Waals surface area contributed by atoms with Crippen LogP contribution in [0, 0.1) is 11.3 Å². The standard InChI is InChI=1S/C23H25N3O5/c1-5-30-21-13-16(10-11-20(21)31-15-22(27)26(2)3)12-17(14-24)23(28)25-18-8-6-7-9-19(18)29-4/h6-13H,5,15H2,1-4H3,(H,25,28)/b17-12+. The largest absolute Gasteiger partial charge is 0.495 e. The summed E-state index contributed by atoms with van der Waals surface area (Å²) in [6, 6.07) is 13.8. The lowest BCUT2D eigenvalue weighted by atomic mass is 10.1. The molecule has 2 amide bonds. The molecule has 0 heterocycles. The molecule has 31 heavy (non-hydrogen) atoms. The number of ether oxygens (including phenoxy) is 3. The molecule has 0 aromatic heterocycles. The number of amides is 2. The van der Waals surface area contributed by atoms with Gasteiger partial charge in [0.15, 0.2) is 18.1 Å². The molecule has 0 spiro atoms. The van der Waals surface area contributed by atoms with E-state index in [2.05, 4.69) is 5.32 Å². The molecule has 0 saturated heterocycles. The van der Waals surface area contributed by atoms with Gasteiger partial charge in [-0.2, -0.15) is 5.26 Å². The van der Waals surface area contributed by atoms with Crippen molar-refractivity contribution in [1.29, 1.82) is 5.26 Å². The van der Waals surface area contributed by atoms with E-state index in [-0.39, 0.29) is 18.1 Å². The van der Waals surface area contributed by atoms with Crippen LogP contribution in [0.2, 0.25) is 0 Å². The molecule has 2 rings (SSSR count). The van der Waals surface area contributed by atoms with Crippen molar-refractivity contribution >= 4 is 23.6 Å². The molecule has 0 unspecified atom stereocenters. The Hall–Kier alpha value is -3.99. The van der Waals surface area contributed by atoms with E-state index in [1.54, 1.807) is 56.6 Å². The summed E-state index contributed by atoms with van der Waals surface area (Å²) in [5.41, 5.74) is 0.937. The first-order valence-corrected chi connectivity index (χ1v) is 9.55. The number of carbonyl (C=O) groups is 2. The maximum atomic E-state index is 12.6. The van der Waals surface area contributed by atoms with Gasteiger partial charge >= 0.3 is 0 Å². The molecule has 0 aliphatic rings. The molecular formula is C23H25N3O5. The average Bonchev–Trinajstić information content (AvgIpc) is 2.77. The van der Waals surface area contributed by atoms with Gasteiger partial charge in [0.25, 0.3) is 11.8 Å². The number of hydrogen-bond donors (Lipinski definition) is 1. The quantitative estimate of drug-likeness (QED) is 0.491. The summed E-state index contributed by atoms with van der Waals surface area (Å²) < 4.78 is 16.4. The van der Waals surface area contributed by atoms with Crippen LogP contribution in [-0.4, -0.2) is 51.1 Å². The van der Waals surface area contributed by atoms with E-state index in [0.717, 1.165) is 0 Å². The van der Waals surface area contributed by atoms with E-state index in [0.29, 0.717) is 35.1 Å². The fourth-order valence-corrected chi connectivity index (χ4v) is 2.52. The summed E-state index contributed by atoms with van der Waals surface area (Å²) in [5, 5.41) is 12.2. The van der Waals surface area contributed by atoms with Crippen molar-refractivity contribution in [3.63, 3.8) is 0 Å². The molecule has 162 valence electrons. The van der Waals surface area contributed by atoms with Gasteiger partial charge in [0.05, 0.1) is 19.4 Å². The number of nitriles is 1. The van der Waals surface area contributed by atoms with E-state index in [1.165, 1.54) is 18.1 Å². The maximum absolute atomic E-state index is 12.6. The highest BCUT2D eigenvalue weighted by Gasteiger charge is 2.14. The number of hydrogen-bond acceptors (Lipinski definition) is 6. The van der Waals surface area contributed by atoms with E-state index < -0.39 is 5.91 Å². The first kappa shape index (κ1) is 23.3. The van der Waals surface area contributed by atoms with Crippen LogP contribution >= 0.6 is 0 Å². The van der Waals surface area contributed by atoms with Crippen LogP contribution in [-0.2, 0) is 9.59 Å². The third kappa shape index (κ3) is 6.51. The van der Waals surface area contributed by atoms with Crippen LogP contribution in [0.3, 0.4) is 0 Å². The third-order valence-corrected chi connectivity index (χ3v) is 4.15. The molecule has 0 saturated carbocycles. The van der Waals surface area contributed by atoms with Crippen molar-refractivity contribution in [3.05, 3.63) is 53.6 Å². The number of para-hydroxylation sites is 2. The number of anilines is 1. The summed E-state index contributed by atoms with van der Waals surface area (Å²) in [6.07, 6.45) is 1.45. The second-order valence-electron chi connectivity index (χ2n) is 6.54. The van der Waals surface area contributed by atoms with Crippen LogP contribution in [0.25, 0.3) is 6.08 Å². The molecule has 1 N–H and O–H groups in total. The molecule has 2 aromatic carbocycles. The van der Waals surface area contributed by atoms with E-state index in [4.69, 9.17) is 14.2 Å². The molecule has 0 bridgehead atoms. The first-order valence-electron chi connectivity index (χ1n) is 9.55. The highest BCUT2D eigenvalue weighted by atomic mass is 16.5. The van der Waals surface area contributed by atoms with Gasteiger partial charge in [-0.3, -0.25) is 9.59 Å². The summed E-state index contributed by atoms with van der Waals surface area (Å²) in [6.45, 7) is 2.07. The van der Waals surface area contributed by atoms with Gasteiger partial charge in [-0.1, -0.05) is 18.2 Å². The van der Waals surface area contributed by atoms with Crippen LogP contribution in [0.15, 0.2) is 48.0 Å². The third-order valence-electron chi connectivity index (χ3n) is 4.15. The summed E-state index contributed by atoms with van der Waals surface area (Å²) in [7, 11) is 4.78. The maximum Gasteiger partial charge on any atom is 0.266 e. The van der Waals surface area contributed by atoms with Gasteiger partial charge in [-0.05, 0) is 42.8 Å². The second kappa shape index (κ2) is 11.3. The van der Waals surface area contributed by atoms with Gasteiger partial charge in [0.2, 0.25) is 0 Å². The molecule has 0 atom stereocenters. The normalized spacial score (nSPS) is 10.6. The Morgan fingerprint density at radius 1 is 1.10 bits per heavy atom. The van der Waals surface area contributed by atoms with Crippen molar-refractivity contribution in [2.45, 2.75) is 6.92 Å². The molecule has 2 aromatic rings. The van der Waals surface area contributed by atoms with Crippen LogP contribution in [0.1, 0.15) is 12.5 Å². The van der Waals surface area contributed by atoms with Crippen molar-refractivity contribution in [3.8, 4) is 23.3 Å². The minimum absolute atomic E-state index is 0.0928. The topological polar surface area (TPSA) is 101 Å². The van der Waals surface area contributed by atoms with Crippen molar-refractivity contribution in [1.82, 2.24) is 4.90 Å². The van der Waals surface area contributed by atoms with Crippen LogP contribution in [0.4, 0.5) is 5.69 Å². The number of methoxy groups -OCH3 is 1. The van der Waals surface area contributed by atoms with E-state index in [9.17, 15) is 14.9 Å². The number of nitrogens with one attached hydrogen (secondary N) is 1. The summed E-state index contributed by atoms with van der Waals surface area (Å²) in [5.74, 6) is 0.532. The van der Waals surface area contributed by atoms with Crippen LogP contribution in [0.5, 0.6) is 17.2 Å². The molecular weight excluding hydrogens is 398 g/mol. The molecule has 0 fully saturated rings. The van der Waals surface area contributed by atoms with Gasteiger partial charge in [-0.25, -0.2) is 0 Å². The predicted octanol–water partition coefficient (Wildman–Crippen LogP) is 3.11. The van der Waals surface area contributed by atoms with Gasteiger partial charge < -0.3 is 24.4 Å². The lowest BCUT2D eigenvalue weighted by Crippen LogP contribution is -2.27. The van der Waals surface area contributed by atoms with Crippen LogP contribution < -0.4 is 19.5 Å². The monoisotopic (exact) mass is 423 g/mol. The van der Waals surface area contributed by atoms with Crippen molar-refractivity contribution in [2.75, 3.05) is 39.7 Å². The molecule has 0 aliphatic carbocycles. The zero-order valence-electron chi connectivity index (χ0n) is 18.0. The van der Waals surface area contributed by atoms with Gasteiger partial charge in [0.1, 0.15) is 17.4 Å².